The van der Waals surface area contributed by atoms with Crippen molar-refractivity contribution in [1.29, 1.82) is 0 Å². The van der Waals surface area contributed by atoms with E-state index in [-0.39, 0.29) is 6.09 Å². The van der Waals surface area contributed by atoms with Gasteiger partial charge in [-0.1, -0.05) is 6.07 Å². The number of aryl methyl sites for hydroxylation is 1. The van der Waals surface area contributed by atoms with Crippen molar-refractivity contribution in [3.63, 3.8) is 0 Å². The summed E-state index contributed by atoms with van der Waals surface area (Å²) in [7, 11) is 0. The number of H-pyrrole nitrogens is 1. The highest BCUT2D eigenvalue weighted by atomic mass is 16.6. The predicted molar refractivity (Wildman–Crippen MR) is 92.8 cm³/mol. The first kappa shape index (κ1) is 15.9. The normalized spacial score (nSPS) is 16.8. The molecular formula is C19H26N2O2. The molecule has 1 aromatic carbocycles. The Bertz CT molecular complexity index is 704. The first-order valence-corrected chi connectivity index (χ1v) is 8.39. The third-order valence-corrected chi connectivity index (χ3v) is 4.53. The molecule has 0 aliphatic carbocycles. The van der Waals surface area contributed by atoms with E-state index in [2.05, 4.69) is 36.3 Å². The Morgan fingerprint density at radius 2 is 1.96 bits per heavy atom. The van der Waals surface area contributed by atoms with E-state index in [1.807, 2.05) is 25.7 Å². The number of carbonyl (C=O) groups is 1. The molecule has 2 aromatic rings. The van der Waals surface area contributed by atoms with Gasteiger partial charge in [0, 0.05) is 30.2 Å². The zero-order chi connectivity index (χ0) is 16.6. The van der Waals surface area contributed by atoms with Crippen molar-refractivity contribution in [2.45, 2.75) is 52.1 Å². The highest BCUT2D eigenvalue weighted by Crippen LogP contribution is 2.31. The van der Waals surface area contributed by atoms with E-state index in [9.17, 15) is 4.79 Å². The van der Waals surface area contributed by atoms with Crippen LogP contribution in [0.15, 0.2) is 24.4 Å². The van der Waals surface area contributed by atoms with Gasteiger partial charge in [0.05, 0.1) is 0 Å². The van der Waals surface area contributed by atoms with Crippen molar-refractivity contribution >= 4 is 17.0 Å². The molecule has 3 rings (SSSR count). The summed E-state index contributed by atoms with van der Waals surface area (Å²) in [6.45, 7) is 9.39. The standard InChI is InChI=1S/C19H26N2O2/c1-13-12-20-17-6-5-15(11-16(13)17)14-7-9-21(10-8-14)18(22)23-19(2,3)4/h5-6,11-12,14,20H,7-10H2,1-4H3. The number of aromatic nitrogens is 1. The number of piperidine rings is 1. The van der Waals surface area contributed by atoms with Gasteiger partial charge in [-0.15, -0.1) is 0 Å². The average molecular weight is 314 g/mol. The van der Waals surface area contributed by atoms with E-state index in [1.54, 1.807) is 0 Å². The van der Waals surface area contributed by atoms with Crippen molar-refractivity contribution in [3.8, 4) is 0 Å². The maximum Gasteiger partial charge on any atom is 0.410 e. The van der Waals surface area contributed by atoms with Crippen molar-refractivity contribution < 1.29 is 9.53 Å². The average Bonchev–Trinajstić information content (AvgIpc) is 2.87. The molecule has 4 heteroatoms. The monoisotopic (exact) mass is 314 g/mol. The largest absolute Gasteiger partial charge is 0.444 e. The number of ether oxygens (including phenoxy) is 1. The van der Waals surface area contributed by atoms with Gasteiger partial charge in [0.2, 0.25) is 0 Å². The van der Waals surface area contributed by atoms with Crippen LogP contribution in [0.25, 0.3) is 10.9 Å². The molecule has 0 spiro atoms. The Kier molecular flexibility index (Phi) is 4.09. The smallest absolute Gasteiger partial charge is 0.410 e. The van der Waals surface area contributed by atoms with Gasteiger partial charge in [-0.25, -0.2) is 4.79 Å². The molecule has 0 unspecified atom stereocenters. The fourth-order valence-corrected chi connectivity index (χ4v) is 3.25. The Hall–Kier alpha value is -1.97. The summed E-state index contributed by atoms with van der Waals surface area (Å²) in [6.07, 6.45) is 3.86. The minimum Gasteiger partial charge on any atom is -0.444 e. The summed E-state index contributed by atoms with van der Waals surface area (Å²) < 4.78 is 5.46. The molecule has 1 aliphatic rings. The van der Waals surface area contributed by atoms with Gasteiger partial charge < -0.3 is 14.6 Å². The first-order chi connectivity index (χ1) is 10.8. The van der Waals surface area contributed by atoms with Crippen molar-refractivity contribution in [2.24, 2.45) is 0 Å². The number of fused-ring (bicyclic) bond motifs is 1. The van der Waals surface area contributed by atoms with Gasteiger partial charge in [-0.05, 0) is 69.7 Å². The fourth-order valence-electron chi connectivity index (χ4n) is 3.25. The molecular weight excluding hydrogens is 288 g/mol. The van der Waals surface area contributed by atoms with Gasteiger partial charge in [0.25, 0.3) is 0 Å². The molecule has 1 amide bonds. The lowest BCUT2D eigenvalue weighted by Crippen LogP contribution is -2.41. The van der Waals surface area contributed by atoms with Crippen LogP contribution in [0, 0.1) is 6.92 Å². The molecule has 2 heterocycles. The van der Waals surface area contributed by atoms with Gasteiger partial charge in [-0.2, -0.15) is 0 Å². The molecule has 1 N–H and O–H groups in total. The zero-order valence-corrected chi connectivity index (χ0v) is 14.5. The molecule has 0 radical (unpaired) electrons. The van der Waals surface area contributed by atoms with Crippen LogP contribution in [0.4, 0.5) is 4.79 Å². The minimum atomic E-state index is -0.426. The van der Waals surface area contributed by atoms with Crippen LogP contribution in [0.3, 0.4) is 0 Å². The van der Waals surface area contributed by atoms with Crippen molar-refractivity contribution in [3.05, 3.63) is 35.5 Å². The van der Waals surface area contributed by atoms with E-state index in [0.29, 0.717) is 5.92 Å². The molecule has 1 aromatic heterocycles. The number of carbonyl (C=O) groups excluding carboxylic acids is 1. The van der Waals surface area contributed by atoms with Crippen LogP contribution in [-0.4, -0.2) is 34.7 Å². The molecule has 23 heavy (non-hydrogen) atoms. The summed E-state index contributed by atoms with van der Waals surface area (Å²) in [5, 5.41) is 1.30. The first-order valence-electron chi connectivity index (χ1n) is 8.39. The SMILES string of the molecule is Cc1c[nH]c2ccc(C3CCN(C(=O)OC(C)(C)C)CC3)cc12. The summed E-state index contributed by atoms with van der Waals surface area (Å²) in [6, 6.07) is 6.68. The van der Waals surface area contributed by atoms with Gasteiger partial charge in [0.15, 0.2) is 0 Å². The van der Waals surface area contributed by atoms with Crippen molar-refractivity contribution in [1.82, 2.24) is 9.88 Å². The van der Waals surface area contributed by atoms with Crippen LogP contribution in [0.2, 0.25) is 0 Å². The van der Waals surface area contributed by atoms with Crippen LogP contribution in [-0.2, 0) is 4.74 Å². The van der Waals surface area contributed by atoms with Crippen molar-refractivity contribution in [2.75, 3.05) is 13.1 Å². The highest BCUT2D eigenvalue weighted by Gasteiger charge is 2.27. The van der Waals surface area contributed by atoms with Gasteiger partial charge >= 0.3 is 6.09 Å². The maximum atomic E-state index is 12.1. The van der Waals surface area contributed by atoms with E-state index >= 15 is 0 Å². The van der Waals surface area contributed by atoms with E-state index in [1.165, 1.54) is 22.0 Å². The number of hydrogen-bond acceptors (Lipinski definition) is 2. The summed E-state index contributed by atoms with van der Waals surface area (Å²) in [5.41, 5.74) is 3.43. The Labute approximate surface area is 137 Å². The molecule has 1 aliphatic heterocycles. The molecule has 0 atom stereocenters. The number of rotatable bonds is 1. The number of amides is 1. The Morgan fingerprint density at radius 3 is 2.61 bits per heavy atom. The van der Waals surface area contributed by atoms with Gasteiger partial charge in [0.1, 0.15) is 5.60 Å². The second-order valence-electron chi connectivity index (χ2n) is 7.52. The van der Waals surface area contributed by atoms with E-state index in [4.69, 9.17) is 4.74 Å². The van der Waals surface area contributed by atoms with E-state index < -0.39 is 5.60 Å². The Balaban J connectivity index is 1.66. The number of aromatic amines is 1. The second-order valence-corrected chi connectivity index (χ2v) is 7.52. The number of benzene rings is 1. The van der Waals surface area contributed by atoms with Crippen LogP contribution < -0.4 is 0 Å². The molecule has 1 saturated heterocycles. The lowest BCUT2D eigenvalue weighted by Gasteiger charge is -2.33. The second kappa shape index (κ2) is 5.91. The topological polar surface area (TPSA) is 45.3 Å². The van der Waals surface area contributed by atoms with E-state index in [0.717, 1.165) is 25.9 Å². The molecule has 0 saturated carbocycles. The number of nitrogens with one attached hydrogen (secondary N) is 1. The third kappa shape index (κ3) is 3.52. The lowest BCUT2D eigenvalue weighted by molar-refractivity contribution is 0.0205. The zero-order valence-electron chi connectivity index (χ0n) is 14.5. The number of nitrogens with zero attached hydrogens (tertiary/aromatic N) is 1. The fraction of sp³-hybridized carbons (Fsp3) is 0.526. The summed E-state index contributed by atoms with van der Waals surface area (Å²) in [5.74, 6) is 0.521. The quantitative estimate of drug-likeness (QED) is 0.836. The lowest BCUT2D eigenvalue weighted by atomic mass is 9.89. The minimum absolute atomic E-state index is 0.187. The van der Waals surface area contributed by atoms with Crippen LogP contribution >= 0.6 is 0 Å². The van der Waals surface area contributed by atoms with Crippen LogP contribution in [0.5, 0.6) is 0 Å². The van der Waals surface area contributed by atoms with Crippen LogP contribution in [0.1, 0.15) is 50.7 Å². The molecule has 4 nitrogen and oxygen atoms in total. The highest BCUT2D eigenvalue weighted by molar-refractivity contribution is 5.83. The third-order valence-electron chi connectivity index (χ3n) is 4.53. The molecule has 0 bridgehead atoms. The number of likely N-dealkylation sites (tertiary alicyclic amines) is 1. The predicted octanol–water partition coefficient (Wildman–Crippen LogP) is 4.59. The summed E-state index contributed by atoms with van der Waals surface area (Å²) >= 11 is 0. The summed E-state index contributed by atoms with van der Waals surface area (Å²) in [4.78, 5) is 17.3. The van der Waals surface area contributed by atoms with Gasteiger partial charge in [-0.3, -0.25) is 0 Å². The maximum absolute atomic E-state index is 12.1. The molecule has 1 fully saturated rings. The molecule has 124 valence electrons. The Morgan fingerprint density at radius 1 is 1.26 bits per heavy atom. The number of hydrogen-bond donors (Lipinski definition) is 1.